The second kappa shape index (κ2) is 9.23. The molecule has 0 spiro atoms. The lowest BCUT2D eigenvalue weighted by molar-refractivity contribution is -0.113. The lowest BCUT2D eigenvalue weighted by Gasteiger charge is -2.08. The number of ether oxygens (including phenoxy) is 1. The highest BCUT2D eigenvalue weighted by Crippen LogP contribution is 2.25. The number of carbonyl (C=O) groups excluding carboxylic acids is 1. The third kappa shape index (κ3) is 5.24. The van der Waals surface area contributed by atoms with Crippen molar-refractivity contribution in [2.24, 2.45) is 0 Å². The minimum Gasteiger partial charge on any atom is -0.457 e. The molecule has 6 nitrogen and oxygen atoms in total. The first-order valence-corrected chi connectivity index (χ1v) is 9.99. The maximum Gasteiger partial charge on any atom is 0.277 e. The fourth-order valence-electron chi connectivity index (χ4n) is 2.56. The van der Waals surface area contributed by atoms with Crippen LogP contribution in [0.25, 0.3) is 11.5 Å². The Hall–Kier alpha value is -3.65. The molecule has 8 heteroatoms. The summed E-state index contributed by atoms with van der Waals surface area (Å²) in [6, 6.07) is 22.3. The van der Waals surface area contributed by atoms with Gasteiger partial charge in [0.2, 0.25) is 11.8 Å². The van der Waals surface area contributed by atoms with E-state index in [-0.39, 0.29) is 28.6 Å². The number of halogens is 1. The van der Waals surface area contributed by atoms with Crippen molar-refractivity contribution in [1.29, 1.82) is 0 Å². The number of hydrogen-bond acceptors (Lipinski definition) is 6. The fraction of sp³-hybridized carbons (Fsp3) is 0.0455. The van der Waals surface area contributed by atoms with Crippen LogP contribution in [0.3, 0.4) is 0 Å². The van der Waals surface area contributed by atoms with Gasteiger partial charge in [0.1, 0.15) is 17.3 Å². The summed E-state index contributed by atoms with van der Waals surface area (Å²) in [4.78, 5) is 12.3. The summed E-state index contributed by atoms with van der Waals surface area (Å²) < 4.78 is 24.3. The lowest BCUT2D eigenvalue weighted by Crippen LogP contribution is -2.13. The van der Waals surface area contributed by atoms with Crippen molar-refractivity contribution in [2.75, 3.05) is 11.1 Å². The van der Waals surface area contributed by atoms with Gasteiger partial charge in [-0.15, -0.1) is 10.2 Å². The number of nitrogens with one attached hydrogen (secondary N) is 1. The number of carbonyl (C=O) groups is 1. The van der Waals surface area contributed by atoms with E-state index < -0.39 is 0 Å². The van der Waals surface area contributed by atoms with E-state index in [4.69, 9.17) is 9.15 Å². The quantitative estimate of drug-likeness (QED) is 0.403. The van der Waals surface area contributed by atoms with Crippen LogP contribution in [-0.2, 0) is 4.79 Å². The topological polar surface area (TPSA) is 77.2 Å². The Morgan fingerprint density at radius 2 is 1.73 bits per heavy atom. The molecule has 0 atom stereocenters. The van der Waals surface area contributed by atoms with Crippen LogP contribution in [0, 0.1) is 5.82 Å². The Bertz CT molecular complexity index is 1130. The van der Waals surface area contributed by atoms with Crippen LogP contribution in [0.15, 0.2) is 88.5 Å². The van der Waals surface area contributed by atoms with E-state index in [9.17, 15) is 9.18 Å². The van der Waals surface area contributed by atoms with Gasteiger partial charge in [0.15, 0.2) is 0 Å². The number of anilines is 1. The zero-order chi connectivity index (χ0) is 20.8. The molecule has 1 heterocycles. The Morgan fingerprint density at radius 3 is 2.53 bits per heavy atom. The lowest BCUT2D eigenvalue weighted by atomic mass is 10.2. The van der Waals surface area contributed by atoms with E-state index in [1.807, 2.05) is 36.4 Å². The average Bonchev–Trinajstić information content (AvgIpc) is 3.23. The first-order valence-electron chi connectivity index (χ1n) is 9.01. The van der Waals surface area contributed by atoms with Gasteiger partial charge in [-0.05, 0) is 48.5 Å². The van der Waals surface area contributed by atoms with Gasteiger partial charge in [0.05, 0.1) is 5.75 Å². The van der Waals surface area contributed by atoms with Gasteiger partial charge in [-0.3, -0.25) is 4.79 Å². The number of nitrogens with zero attached hydrogens (tertiary/aromatic N) is 2. The van der Waals surface area contributed by atoms with Crippen molar-refractivity contribution in [2.45, 2.75) is 5.22 Å². The molecule has 3 aromatic carbocycles. The molecule has 1 amide bonds. The minimum absolute atomic E-state index is 0.0921. The molecule has 1 aromatic heterocycles. The molecule has 0 saturated carbocycles. The minimum atomic E-state index is -0.345. The van der Waals surface area contributed by atoms with E-state index in [1.54, 1.807) is 30.3 Å². The molecular formula is C22H16FN3O3S. The normalized spacial score (nSPS) is 10.6. The van der Waals surface area contributed by atoms with Gasteiger partial charge < -0.3 is 14.5 Å². The predicted molar refractivity (Wildman–Crippen MR) is 112 cm³/mol. The highest BCUT2D eigenvalue weighted by atomic mass is 32.2. The summed E-state index contributed by atoms with van der Waals surface area (Å²) in [7, 11) is 0. The van der Waals surface area contributed by atoms with E-state index in [0.717, 1.165) is 11.8 Å². The highest BCUT2D eigenvalue weighted by molar-refractivity contribution is 7.99. The van der Waals surface area contributed by atoms with Crippen LogP contribution in [0.5, 0.6) is 11.5 Å². The zero-order valence-corrected chi connectivity index (χ0v) is 16.4. The summed E-state index contributed by atoms with van der Waals surface area (Å²) in [6.07, 6.45) is 0. The molecule has 0 radical (unpaired) electrons. The first kappa shape index (κ1) is 19.7. The average molecular weight is 421 g/mol. The Labute approximate surface area is 176 Å². The van der Waals surface area contributed by atoms with Crippen molar-refractivity contribution < 1.29 is 18.3 Å². The van der Waals surface area contributed by atoms with Crippen LogP contribution in [0.2, 0.25) is 0 Å². The number of aromatic nitrogens is 2. The molecule has 0 aliphatic rings. The van der Waals surface area contributed by atoms with Crippen LogP contribution in [-0.4, -0.2) is 21.9 Å². The first-order chi connectivity index (χ1) is 14.7. The summed E-state index contributed by atoms with van der Waals surface area (Å²) in [5, 5.41) is 10.9. The number of hydrogen-bond donors (Lipinski definition) is 1. The van der Waals surface area contributed by atoms with Crippen molar-refractivity contribution in [1.82, 2.24) is 10.2 Å². The largest absolute Gasteiger partial charge is 0.457 e. The van der Waals surface area contributed by atoms with Crippen LogP contribution in [0.1, 0.15) is 0 Å². The van der Waals surface area contributed by atoms with Gasteiger partial charge in [-0.1, -0.05) is 36.0 Å². The summed E-state index contributed by atoms with van der Waals surface area (Å²) in [6.45, 7) is 0. The van der Waals surface area contributed by atoms with E-state index in [2.05, 4.69) is 15.5 Å². The van der Waals surface area contributed by atoms with Crippen LogP contribution in [0.4, 0.5) is 10.1 Å². The molecule has 0 aliphatic heterocycles. The molecule has 0 saturated heterocycles. The molecule has 150 valence electrons. The number of para-hydroxylation sites is 1. The summed E-state index contributed by atoms with van der Waals surface area (Å²) in [5.74, 6) is 1.12. The molecule has 0 bridgehead atoms. The number of benzene rings is 3. The maximum absolute atomic E-state index is 13.0. The highest BCUT2D eigenvalue weighted by Gasteiger charge is 2.12. The second-order valence-electron chi connectivity index (χ2n) is 6.16. The third-order valence-corrected chi connectivity index (χ3v) is 4.74. The molecule has 4 aromatic rings. The molecule has 1 N–H and O–H groups in total. The summed E-state index contributed by atoms with van der Waals surface area (Å²) in [5.41, 5.74) is 1.22. The second-order valence-corrected chi connectivity index (χ2v) is 7.09. The SMILES string of the molecule is O=C(CSc1nnc(-c2ccc(F)cc2)o1)Nc1cccc(Oc2ccccc2)c1. The molecule has 0 unspecified atom stereocenters. The van der Waals surface area contributed by atoms with Gasteiger partial charge in [0.25, 0.3) is 5.22 Å². The third-order valence-electron chi connectivity index (χ3n) is 3.92. The van der Waals surface area contributed by atoms with E-state index in [0.29, 0.717) is 22.7 Å². The monoisotopic (exact) mass is 421 g/mol. The number of thioether (sulfide) groups is 1. The number of rotatable bonds is 7. The van der Waals surface area contributed by atoms with Gasteiger partial charge in [0, 0.05) is 17.3 Å². The molecule has 4 rings (SSSR count). The Balaban J connectivity index is 1.32. The smallest absolute Gasteiger partial charge is 0.277 e. The van der Waals surface area contributed by atoms with Gasteiger partial charge in [-0.25, -0.2) is 4.39 Å². The standard InChI is InChI=1S/C22H16FN3O3S/c23-16-11-9-15(10-12-16)21-25-26-22(29-21)30-14-20(27)24-17-5-4-8-19(13-17)28-18-6-2-1-3-7-18/h1-13H,14H2,(H,24,27). The summed E-state index contributed by atoms with van der Waals surface area (Å²) >= 11 is 1.12. The molecule has 0 fully saturated rings. The van der Waals surface area contributed by atoms with Crippen LogP contribution >= 0.6 is 11.8 Å². The molecule has 30 heavy (non-hydrogen) atoms. The van der Waals surface area contributed by atoms with Crippen molar-refractivity contribution in [3.63, 3.8) is 0 Å². The van der Waals surface area contributed by atoms with Crippen molar-refractivity contribution in [3.8, 4) is 23.0 Å². The number of amides is 1. The van der Waals surface area contributed by atoms with Crippen molar-refractivity contribution >= 4 is 23.4 Å². The van der Waals surface area contributed by atoms with E-state index in [1.165, 1.54) is 12.1 Å². The molecular weight excluding hydrogens is 405 g/mol. The molecule has 0 aliphatic carbocycles. The van der Waals surface area contributed by atoms with Gasteiger partial charge >= 0.3 is 0 Å². The Morgan fingerprint density at radius 1 is 0.967 bits per heavy atom. The van der Waals surface area contributed by atoms with Crippen LogP contribution < -0.4 is 10.1 Å². The maximum atomic E-state index is 13.0. The predicted octanol–water partition coefficient (Wildman–Crippen LogP) is 5.40. The zero-order valence-electron chi connectivity index (χ0n) is 15.6. The van der Waals surface area contributed by atoms with Crippen molar-refractivity contribution in [3.05, 3.63) is 84.7 Å². The fourth-order valence-corrected chi connectivity index (χ4v) is 3.13. The Kier molecular flexibility index (Phi) is 6.05. The van der Waals surface area contributed by atoms with E-state index >= 15 is 0 Å². The van der Waals surface area contributed by atoms with Gasteiger partial charge in [-0.2, -0.15) is 0 Å².